The Morgan fingerprint density at radius 3 is 2.70 bits per heavy atom. The van der Waals surface area contributed by atoms with Crippen LogP contribution < -0.4 is 5.32 Å². The molecule has 0 saturated heterocycles. The van der Waals surface area contributed by atoms with E-state index in [0.717, 1.165) is 31.6 Å². The van der Waals surface area contributed by atoms with Crippen molar-refractivity contribution >= 4 is 10.9 Å². The van der Waals surface area contributed by atoms with Crippen molar-refractivity contribution in [3.63, 3.8) is 0 Å². The number of nitrogens with one attached hydrogen (secondary N) is 1. The van der Waals surface area contributed by atoms with Crippen LogP contribution in [0.1, 0.15) is 31.9 Å². The van der Waals surface area contributed by atoms with Gasteiger partial charge in [0.1, 0.15) is 0 Å². The van der Waals surface area contributed by atoms with Gasteiger partial charge >= 0.3 is 0 Å². The van der Waals surface area contributed by atoms with E-state index < -0.39 is 0 Å². The van der Waals surface area contributed by atoms with E-state index in [1.165, 1.54) is 10.9 Å². The number of hydrogen-bond donors (Lipinski definition) is 1. The molecule has 0 fully saturated rings. The summed E-state index contributed by atoms with van der Waals surface area (Å²) in [6.07, 6.45) is 2.98. The first-order chi connectivity index (χ1) is 9.78. The molecule has 2 rings (SSSR count). The molecule has 0 bridgehead atoms. The normalized spacial score (nSPS) is 13.0. The molecule has 1 atom stereocenters. The highest BCUT2D eigenvalue weighted by Gasteiger charge is 2.11. The number of pyridine rings is 1. The molecule has 0 amide bonds. The molecule has 20 heavy (non-hydrogen) atoms. The standard InChI is InChI=1S/C17H25N3/c1-4-20(5-2)12-10-16(18-3)15-9-8-14-7-6-11-19-17(14)13-15/h6-9,11,13,16,18H,4-5,10,12H2,1-3H3. The molecule has 2 aromatic rings. The highest BCUT2D eigenvalue weighted by molar-refractivity contribution is 5.78. The second kappa shape index (κ2) is 7.36. The van der Waals surface area contributed by atoms with Crippen molar-refractivity contribution in [2.24, 2.45) is 0 Å². The van der Waals surface area contributed by atoms with Gasteiger partial charge in [0.15, 0.2) is 0 Å². The van der Waals surface area contributed by atoms with E-state index in [0.29, 0.717) is 6.04 Å². The Kier molecular flexibility index (Phi) is 5.50. The number of hydrogen-bond acceptors (Lipinski definition) is 3. The van der Waals surface area contributed by atoms with Gasteiger partial charge in [0.2, 0.25) is 0 Å². The first kappa shape index (κ1) is 14.9. The van der Waals surface area contributed by atoms with Crippen molar-refractivity contribution in [1.82, 2.24) is 15.2 Å². The molecule has 0 aliphatic carbocycles. The van der Waals surface area contributed by atoms with Crippen LogP contribution in [0, 0.1) is 0 Å². The fourth-order valence-electron chi connectivity index (χ4n) is 2.63. The highest BCUT2D eigenvalue weighted by Crippen LogP contribution is 2.21. The summed E-state index contributed by atoms with van der Waals surface area (Å²) in [6.45, 7) is 7.80. The Morgan fingerprint density at radius 1 is 1.20 bits per heavy atom. The number of aromatic nitrogens is 1. The van der Waals surface area contributed by atoms with Crippen LogP contribution >= 0.6 is 0 Å². The number of nitrogens with zero attached hydrogens (tertiary/aromatic N) is 2. The van der Waals surface area contributed by atoms with E-state index in [9.17, 15) is 0 Å². The number of rotatable bonds is 7. The molecule has 1 aromatic heterocycles. The fraction of sp³-hybridized carbons (Fsp3) is 0.471. The lowest BCUT2D eigenvalue weighted by Crippen LogP contribution is -2.28. The summed E-state index contributed by atoms with van der Waals surface area (Å²) in [4.78, 5) is 6.91. The van der Waals surface area contributed by atoms with Crippen LogP contribution in [-0.4, -0.2) is 36.6 Å². The van der Waals surface area contributed by atoms with Crippen LogP contribution in [0.3, 0.4) is 0 Å². The van der Waals surface area contributed by atoms with Gasteiger partial charge in [-0.15, -0.1) is 0 Å². The highest BCUT2D eigenvalue weighted by atomic mass is 15.1. The summed E-state index contributed by atoms with van der Waals surface area (Å²) < 4.78 is 0. The molecule has 1 N–H and O–H groups in total. The molecule has 108 valence electrons. The minimum atomic E-state index is 0.391. The predicted octanol–water partition coefficient (Wildman–Crippen LogP) is 3.23. The average Bonchev–Trinajstić information content (AvgIpc) is 2.51. The molecule has 3 nitrogen and oxygen atoms in total. The molecule has 0 saturated carbocycles. The summed E-state index contributed by atoms with van der Waals surface area (Å²) in [5.41, 5.74) is 2.40. The molecular formula is C17H25N3. The lowest BCUT2D eigenvalue weighted by atomic mass is 10.0. The summed E-state index contributed by atoms with van der Waals surface area (Å²) >= 11 is 0. The monoisotopic (exact) mass is 271 g/mol. The lowest BCUT2D eigenvalue weighted by Gasteiger charge is -2.23. The number of benzene rings is 1. The van der Waals surface area contributed by atoms with Gasteiger partial charge in [-0.3, -0.25) is 4.98 Å². The molecular weight excluding hydrogens is 246 g/mol. The van der Waals surface area contributed by atoms with Crippen LogP contribution in [0.2, 0.25) is 0 Å². The second-order valence-electron chi connectivity index (χ2n) is 5.11. The van der Waals surface area contributed by atoms with Gasteiger partial charge in [-0.1, -0.05) is 32.0 Å². The van der Waals surface area contributed by atoms with Crippen molar-refractivity contribution in [3.8, 4) is 0 Å². The average molecular weight is 271 g/mol. The minimum Gasteiger partial charge on any atom is -0.313 e. The molecule has 0 radical (unpaired) electrons. The first-order valence-corrected chi connectivity index (χ1v) is 7.52. The van der Waals surface area contributed by atoms with Gasteiger partial charge in [-0.2, -0.15) is 0 Å². The van der Waals surface area contributed by atoms with Gasteiger partial charge in [0.05, 0.1) is 5.52 Å². The van der Waals surface area contributed by atoms with Gasteiger partial charge in [-0.25, -0.2) is 0 Å². The van der Waals surface area contributed by atoms with E-state index in [1.807, 2.05) is 19.3 Å². The zero-order valence-electron chi connectivity index (χ0n) is 12.8. The number of fused-ring (bicyclic) bond motifs is 1. The smallest absolute Gasteiger partial charge is 0.0705 e. The van der Waals surface area contributed by atoms with Crippen molar-refractivity contribution in [2.75, 3.05) is 26.7 Å². The topological polar surface area (TPSA) is 28.2 Å². The van der Waals surface area contributed by atoms with Crippen molar-refractivity contribution in [1.29, 1.82) is 0 Å². The van der Waals surface area contributed by atoms with E-state index in [1.54, 1.807) is 0 Å². The molecule has 1 heterocycles. The van der Waals surface area contributed by atoms with Gasteiger partial charge in [0.25, 0.3) is 0 Å². The van der Waals surface area contributed by atoms with E-state index in [2.05, 4.69) is 53.3 Å². The van der Waals surface area contributed by atoms with E-state index in [4.69, 9.17) is 0 Å². The molecule has 0 aliphatic heterocycles. The van der Waals surface area contributed by atoms with Crippen LogP contribution in [0.5, 0.6) is 0 Å². The second-order valence-corrected chi connectivity index (χ2v) is 5.11. The maximum absolute atomic E-state index is 4.45. The molecule has 1 aromatic carbocycles. The van der Waals surface area contributed by atoms with Crippen LogP contribution in [-0.2, 0) is 0 Å². The van der Waals surface area contributed by atoms with Gasteiger partial charge in [-0.05, 0) is 50.8 Å². The maximum atomic E-state index is 4.45. The third kappa shape index (κ3) is 3.56. The molecule has 1 unspecified atom stereocenters. The SMILES string of the molecule is CCN(CC)CCC(NC)c1ccc2cccnc2c1. The summed E-state index contributed by atoms with van der Waals surface area (Å²) in [5.74, 6) is 0. The Balaban J connectivity index is 2.12. The summed E-state index contributed by atoms with van der Waals surface area (Å²) in [6, 6.07) is 11.1. The van der Waals surface area contributed by atoms with Crippen molar-refractivity contribution in [2.45, 2.75) is 26.3 Å². The Labute approximate surface area is 122 Å². The zero-order valence-corrected chi connectivity index (χ0v) is 12.8. The van der Waals surface area contributed by atoms with Crippen LogP contribution in [0.4, 0.5) is 0 Å². The molecule has 0 spiro atoms. The zero-order chi connectivity index (χ0) is 14.4. The largest absolute Gasteiger partial charge is 0.313 e. The molecule has 3 heteroatoms. The molecule has 0 aliphatic rings. The van der Waals surface area contributed by atoms with Crippen LogP contribution in [0.15, 0.2) is 36.5 Å². The third-order valence-corrected chi connectivity index (χ3v) is 4.01. The maximum Gasteiger partial charge on any atom is 0.0705 e. The minimum absolute atomic E-state index is 0.391. The van der Waals surface area contributed by atoms with Crippen molar-refractivity contribution in [3.05, 3.63) is 42.1 Å². The van der Waals surface area contributed by atoms with E-state index in [-0.39, 0.29) is 0 Å². The Morgan fingerprint density at radius 2 is 2.00 bits per heavy atom. The van der Waals surface area contributed by atoms with E-state index >= 15 is 0 Å². The fourth-order valence-corrected chi connectivity index (χ4v) is 2.63. The summed E-state index contributed by atoms with van der Waals surface area (Å²) in [7, 11) is 2.04. The third-order valence-electron chi connectivity index (χ3n) is 4.01. The van der Waals surface area contributed by atoms with Gasteiger partial charge < -0.3 is 10.2 Å². The summed E-state index contributed by atoms with van der Waals surface area (Å²) in [5, 5.41) is 4.64. The predicted molar refractivity (Wildman–Crippen MR) is 85.9 cm³/mol. The Bertz CT molecular complexity index is 535. The Hall–Kier alpha value is -1.45. The van der Waals surface area contributed by atoms with Crippen molar-refractivity contribution < 1.29 is 0 Å². The first-order valence-electron chi connectivity index (χ1n) is 7.52. The quantitative estimate of drug-likeness (QED) is 0.838. The van der Waals surface area contributed by atoms with Crippen LogP contribution in [0.25, 0.3) is 10.9 Å². The van der Waals surface area contributed by atoms with Gasteiger partial charge in [0, 0.05) is 17.6 Å². The lowest BCUT2D eigenvalue weighted by molar-refractivity contribution is 0.284.